The molecule has 1 fully saturated rings. The van der Waals surface area contributed by atoms with Crippen LogP contribution in [0.25, 0.3) is 0 Å². The SMILES string of the molecule is CC(=O)NCC(=O)N1CCCC1C(=O)O. The van der Waals surface area contributed by atoms with E-state index in [1.807, 2.05) is 0 Å². The van der Waals surface area contributed by atoms with Gasteiger partial charge in [0.05, 0.1) is 6.54 Å². The molecule has 15 heavy (non-hydrogen) atoms. The zero-order chi connectivity index (χ0) is 11.4. The molecule has 0 aromatic rings. The molecule has 0 aromatic heterocycles. The van der Waals surface area contributed by atoms with Gasteiger partial charge in [-0.3, -0.25) is 9.59 Å². The third kappa shape index (κ3) is 2.93. The predicted molar refractivity (Wildman–Crippen MR) is 51.1 cm³/mol. The molecule has 0 bridgehead atoms. The summed E-state index contributed by atoms with van der Waals surface area (Å²) in [5.41, 5.74) is 0. The highest BCUT2D eigenvalue weighted by Gasteiger charge is 2.33. The van der Waals surface area contributed by atoms with Gasteiger partial charge in [-0.15, -0.1) is 0 Å². The van der Waals surface area contributed by atoms with E-state index in [1.54, 1.807) is 0 Å². The molecule has 1 aliphatic heterocycles. The van der Waals surface area contributed by atoms with Crippen LogP contribution >= 0.6 is 0 Å². The molecular weight excluding hydrogens is 200 g/mol. The van der Waals surface area contributed by atoms with Gasteiger partial charge in [0.25, 0.3) is 0 Å². The maximum Gasteiger partial charge on any atom is 0.326 e. The molecule has 84 valence electrons. The van der Waals surface area contributed by atoms with Crippen molar-refractivity contribution in [3.63, 3.8) is 0 Å². The van der Waals surface area contributed by atoms with Crippen LogP contribution < -0.4 is 5.32 Å². The van der Waals surface area contributed by atoms with Crippen LogP contribution in [0.1, 0.15) is 19.8 Å². The molecule has 1 unspecified atom stereocenters. The van der Waals surface area contributed by atoms with E-state index in [0.29, 0.717) is 19.4 Å². The number of carboxylic acids is 1. The molecule has 1 aliphatic rings. The average molecular weight is 214 g/mol. The van der Waals surface area contributed by atoms with E-state index >= 15 is 0 Å². The number of rotatable bonds is 3. The van der Waals surface area contributed by atoms with Crippen molar-refractivity contribution >= 4 is 17.8 Å². The summed E-state index contributed by atoms with van der Waals surface area (Å²) in [7, 11) is 0. The van der Waals surface area contributed by atoms with Gasteiger partial charge in [-0.2, -0.15) is 0 Å². The lowest BCUT2D eigenvalue weighted by Crippen LogP contribution is -2.45. The molecule has 1 heterocycles. The second-order valence-electron chi connectivity index (χ2n) is 3.49. The number of aliphatic carboxylic acids is 1. The number of nitrogens with zero attached hydrogens (tertiary/aromatic N) is 1. The molecule has 0 aromatic carbocycles. The number of carbonyl (C=O) groups is 3. The number of hydrogen-bond acceptors (Lipinski definition) is 3. The smallest absolute Gasteiger partial charge is 0.326 e. The van der Waals surface area contributed by atoms with E-state index in [9.17, 15) is 14.4 Å². The summed E-state index contributed by atoms with van der Waals surface area (Å²) in [6.07, 6.45) is 1.18. The minimum atomic E-state index is -0.983. The van der Waals surface area contributed by atoms with Crippen LogP contribution in [0.2, 0.25) is 0 Å². The van der Waals surface area contributed by atoms with E-state index in [1.165, 1.54) is 11.8 Å². The summed E-state index contributed by atoms with van der Waals surface area (Å²) in [4.78, 5) is 34.2. The van der Waals surface area contributed by atoms with Crippen molar-refractivity contribution in [1.29, 1.82) is 0 Å². The van der Waals surface area contributed by atoms with Gasteiger partial charge >= 0.3 is 5.97 Å². The highest BCUT2D eigenvalue weighted by molar-refractivity contribution is 5.87. The van der Waals surface area contributed by atoms with E-state index in [0.717, 1.165) is 0 Å². The van der Waals surface area contributed by atoms with Gasteiger partial charge in [0.15, 0.2) is 0 Å². The van der Waals surface area contributed by atoms with Gasteiger partial charge in [0.1, 0.15) is 6.04 Å². The maximum absolute atomic E-state index is 11.5. The standard InChI is InChI=1S/C9H14N2O4/c1-6(12)10-5-8(13)11-4-2-3-7(11)9(14)15/h7H,2-5H2,1H3,(H,10,12)(H,14,15). The molecule has 2 N–H and O–H groups in total. The lowest BCUT2D eigenvalue weighted by atomic mass is 10.2. The van der Waals surface area contributed by atoms with Crippen molar-refractivity contribution in [2.24, 2.45) is 0 Å². The topological polar surface area (TPSA) is 86.7 Å². The van der Waals surface area contributed by atoms with Crippen LogP contribution in [0.4, 0.5) is 0 Å². The Hall–Kier alpha value is -1.59. The highest BCUT2D eigenvalue weighted by Crippen LogP contribution is 2.16. The number of hydrogen-bond donors (Lipinski definition) is 2. The first kappa shape index (κ1) is 11.5. The van der Waals surface area contributed by atoms with Crippen LogP contribution in [0.15, 0.2) is 0 Å². The fourth-order valence-electron chi connectivity index (χ4n) is 1.62. The molecule has 6 nitrogen and oxygen atoms in total. The van der Waals surface area contributed by atoms with Crippen molar-refractivity contribution in [3.8, 4) is 0 Å². The Morgan fingerprint density at radius 3 is 2.67 bits per heavy atom. The highest BCUT2D eigenvalue weighted by atomic mass is 16.4. The Kier molecular flexibility index (Phi) is 3.65. The third-order valence-corrected chi connectivity index (χ3v) is 2.35. The monoisotopic (exact) mass is 214 g/mol. The number of carboxylic acid groups (broad SMARTS) is 1. The Labute approximate surface area is 87.2 Å². The molecule has 0 spiro atoms. The zero-order valence-electron chi connectivity index (χ0n) is 8.52. The lowest BCUT2D eigenvalue weighted by Gasteiger charge is -2.21. The summed E-state index contributed by atoms with van der Waals surface area (Å²) >= 11 is 0. The largest absolute Gasteiger partial charge is 0.480 e. The molecule has 0 aliphatic carbocycles. The van der Waals surface area contributed by atoms with E-state index in [2.05, 4.69) is 5.32 Å². The molecule has 0 radical (unpaired) electrons. The summed E-state index contributed by atoms with van der Waals surface area (Å²) in [6, 6.07) is -0.730. The quantitative estimate of drug-likeness (QED) is 0.643. The predicted octanol–water partition coefficient (Wildman–Crippen LogP) is -0.802. The zero-order valence-corrected chi connectivity index (χ0v) is 8.52. The van der Waals surface area contributed by atoms with Crippen molar-refractivity contribution < 1.29 is 19.5 Å². The molecule has 0 saturated carbocycles. The molecule has 1 saturated heterocycles. The van der Waals surface area contributed by atoms with Gasteiger partial charge in [-0.1, -0.05) is 0 Å². The lowest BCUT2D eigenvalue weighted by molar-refractivity contribution is -0.148. The number of amides is 2. The minimum absolute atomic E-state index is 0.126. The van der Waals surface area contributed by atoms with Crippen molar-refractivity contribution in [2.75, 3.05) is 13.1 Å². The van der Waals surface area contributed by atoms with Crippen LogP contribution in [0.3, 0.4) is 0 Å². The number of nitrogens with one attached hydrogen (secondary N) is 1. The van der Waals surface area contributed by atoms with E-state index in [-0.39, 0.29) is 18.4 Å². The molecule has 1 rings (SSSR count). The molecule has 6 heteroatoms. The average Bonchev–Trinajstić information content (AvgIpc) is 2.62. The first-order valence-corrected chi connectivity index (χ1v) is 4.79. The van der Waals surface area contributed by atoms with Crippen LogP contribution in [0, 0.1) is 0 Å². The van der Waals surface area contributed by atoms with E-state index in [4.69, 9.17) is 5.11 Å². The van der Waals surface area contributed by atoms with Gasteiger partial charge in [-0.25, -0.2) is 4.79 Å². The third-order valence-electron chi connectivity index (χ3n) is 2.35. The molecule has 2 amide bonds. The Bertz CT molecular complexity index is 290. The van der Waals surface area contributed by atoms with Crippen molar-refractivity contribution in [3.05, 3.63) is 0 Å². The summed E-state index contributed by atoms with van der Waals surface area (Å²) in [5, 5.41) is 11.2. The Morgan fingerprint density at radius 1 is 1.47 bits per heavy atom. The minimum Gasteiger partial charge on any atom is -0.480 e. The van der Waals surface area contributed by atoms with Crippen LogP contribution in [0.5, 0.6) is 0 Å². The molecule has 1 atom stereocenters. The fraction of sp³-hybridized carbons (Fsp3) is 0.667. The van der Waals surface area contributed by atoms with Gasteiger partial charge in [0, 0.05) is 13.5 Å². The van der Waals surface area contributed by atoms with Crippen molar-refractivity contribution in [1.82, 2.24) is 10.2 Å². The van der Waals surface area contributed by atoms with Crippen LogP contribution in [-0.4, -0.2) is 46.9 Å². The van der Waals surface area contributed by atoms with E-state index < -0.39 is 12.0 Å². The normalized spacial score (nSPS) is 20.1. The van der Waals surface area contributed by atoms with Crippen LogP contribution in [-0.2, 0) is 14.4 Å². The maximum atomic E-state index is 11.5. The van der Waals surface area contributed by atoms with Gasteiger partial charge < -0.3 is 15.3 Å². The summed E-state index contributed by atoms with van der Waals surface area (Å²) < 4.78 is 0. The second kappa shape index (κ2) is 4.77. The Balaban J connectivity index is 2.51. The summed E-state index contributed by atoms with van der Waals surface area (Å²) in [5.74, 6) is -1.62. The van der Waals surface area contributed by atoms with Gasteiger partial charge in [0.2, 0.25) is 11.8 Å². The van der Waals surface area contributed by atoms with Gasteiger partial charge in [-0.05, 0) is 12.8 Å². The molecular formula is C9H14N2O4. The first-order valence-electron chi connectivity index (χ1n) is 4.79. The number of likely N-dealkylation sites (tertiary alicyclic amines) is 1. The summed E-state index contributed by atoms with van der Waals surface area (Å²) in [6.45, 7) is 1.64. The Morgan fingerprint density at radius 2 is 2.13 bits per heavy atom. The van der Waals surface area contributed by atoms with Crippen molar-refractivity contribution in [2.45, 2.75) is 25.8 Å². The fourth-order valence-corrected chi connectivity index (χ4v) is 1.62. The first-order chi connectivity index (χ1) is 7.02. The number of carbonyl (C=O) groups excluding carboxylic acids is 2. The second-order valence-corrected chi connectivity index (χ2v) is 3.49.